The van der Waals surface area contributed by atoms with Crippen molar-refractivity contribution in [3.05, 3.63) is 23.8 Å². The Kier molecular flexibility index (Phi) is 1.67. The number of ether oxygens (including phenoxy) is 2. The predicted octanol–water partition coefficient (Wildman–Crippen LogP) is 1.83. The topological polar surface area (TPSA) is 44.5 Å². The van der Waals surface area contributed by atoms with Gasteiger partial charge in [0, 0.05) is 11.6 Å². The molecule has 1 atom stereocenters. The van der Waals surface area contributed by atoms with Gasteiger partial charge in [0.25, 0.3) is 0 Å². The Hall–Kier alpha value is -1.22. The Labute approximate surface area is 82.8 Å². The van der Waals surface area contributed by atoms with Crippen LogP contribution in [-0.2, 0) is 0 Å². The van der Waals surface area contributed by atoms with E-state index in [2.05, 4.69) is 0 Å². The fraction of sp³-hybridized carbons (Fsp3) is 0.455. The minimum absolute atomic E-state index is 0.117. The monoisotopic (exact) mass is 191 g/mol. The van der Waals surface area contributed by atoms with Crippen molar-refractivity contribution in [3.63, 3.8) is 0 Å². The summed E-state index contributed by atoms with van der Waals surface area (Å²) in [5.41, 5.74) is 7.24. The minimum Gasteiger partial charge on any atom is -0.454 e. The van der Waals surface area contributed by atoms with Crippen LogP contribution in [0.4, 0.5) is 0 Å². The number of rotatable bonds is 2. The van der Waals surface area contributed by atoms with Crippen molar-refractivity contribution in [3.8, 4) is 11.5 Å². The van der Waals surface area contributed by atoms with Gasteiger partial charge in [0.2, 0.25) is 6.79 Å². The first-order valence-electron chi connectivity index (χ1n) is 5.00. The Morgan fingerprint density at radius 2 is 2.14 bits per heavy atom. The van der Waals surface area contributed by atoms with Crippen molar-refractivity contribution in [2.24, 2.45) is 11.7 Å². The zero-order valence-corrected chi connectivity index (χ0v) is 7.90. The zero-order chi connectivity index (χ0) is 9.54. The minimum atomic E-state index is 0.117. The summed E-state index contributed by atoms with van der Waals surface area (Å²) in [5, 5.41) is 0. The second kappa shape index (κ2) is 2.89. The van der Waals surface area contributed by atoms with Gasteiger partial charge in [-0.05, 0) is 24.8 Å². The highest BCUT2D eigenvalue weighted by Gasteiger charge is 2.32. The van der Waals surface area contributed by atoms with Crippen LogP contribution in [-0.4, -0.2) is 6.79 Å². The van der Waals surface area contributed by atoms with Crippen molar-refractivity contribution in [1.82, 2.24) is 0 Å². The van der Waals surface area contributed by atoms with Gasteiger partial charge in [-0.15, -0.1) is 0 Å². The molecule has 1 heterocycles. The van der Waals surface area contributed by atoms with E-state index in [0.29, 0.717) is 12.7 Å². The molecule has 0 bridgehead atoms. The van der Waals surface area contributed by atoms with Crippen molar-refractivity contribution in [2.75, 3.05) is 6.79 Å². The van der Waals surface area contributed by atoms with Gasteiger partial charge in [-0.1, -0.05) is 12.1 Å². The van der Waals surface area contributed by atoms with Crippen LogP contribution in [0.3, 0.4) is 0 Å². The first kappa shape index (κ1) is 8.12. The number of para-hydroxylation sites is 1. The standard InChI is InChI=1S/C11H13NO2/c12-10(7-4-5-7)8-2-1-3-9-11(8)14-6-13-9/h1-3,7,10H,4-6,12H2. The molecule has 1 fully saturated rings. The molecule has 0 amide bonds. The molecule has 0 saturated heterocycles. The summed E-state index contributed by atoms with van der Waals surface area (Å²) in [4.78, 5) is 0. The molecule has 74 valence electrons. The Balaban J connectivity index is 2.00. The third kappa shape index (κ3) is 1.16. The lowest BCUT2D eigenvalue weighted by Gasteiger charge is -2.12. The van der Waals surface area contributed by atoms with Crippen LogP contribution in [0.2, 0.25) is 0 Å². The third-order valence-electron chi connectivity index (χ3n) is 2.92. The normalized spacial score (nSPS) is 20.9. The molecule has 1 aromatic rings. The summed E-state index contributed by atoms with van der Waals surface area (Å²) in [6.07, 6.45) is 2.48. The van der Waals surface area contributed by atoms with Crippen molar-refractivity contribution < 1.29 is 9.47 Å². The first-order valence-corrected chi connectivity index (χ1v) is 5.00. The molecule has 1 aromatic carbocycles. The lowest BCUT2D eigenvalue weighted by molar-refractivity contribution is 0.173. The van der Waals surface area contributed by atoms with Gasteiger partial charge >= 0.3 is 0 Å². The average molecular weight is 191 g/mol. The zero-order valence-electron chi connectivity index (χ0n) is 7.90. The van der Waals surface area contributed by atoms with Gasteiger partial charge in [0.05, 0.1) is 0 Å². The van der Waals surface area contributed by atoms with E-state index < -0.39 is 0 Å². The highest BCUT2D eigenvalue weighted by molar-refractivity contribution is 5.49. The van der Waals surface area contributed by atoms with E-state index in [1.54, 1.807) is 0 Å². The molecule has 14 heavy (non-hydrogen) atoms. The molecule has 0 aromatic heterocycles. The van der Waals surface area contributed by atoms with E-state index in [9.17, 15) is 0 Å². The summed E-state index contributed by atoms with van der Waals surface area (Å²) in [7, 11) is 0. The van der Waals surface area contributed by atoms with Crippen LogP contribution in [0.5, 0.6) is 11.5 Å². The molecule has 1 unspecified atom stereocenters. The predicted molar refractivity (Wildman–Crippen MR) is 52.2 cm³/mol. The van der Waals surface area contributed by atoms with Gasteiger partial charge in [0.1, 0.15) is 0 Å². The summed E-state index contributed by atoms with van der Waals surface area (Å²) in [5.74, 6) is 2.33. The van der Waals surface area contributed by atoms with Crippen molar-refractivity contribution >= 4 is 0 Å². The van der Waals surface area contributed by atoms with Crippen LogP contribution in [0.1, 0.15) is 24.4 Å². The third-order valence-corrected chi connectivity index (χ3v) is 2.92. The van der Waals surface area contributed by atoms with Crippen LogP contribution in [0.15, 0.2) is 18.2 Å². The summed E-state index contributed by atoms with van der Waals surface area (Å²) >= 11 is 0. The molecule has 2 aliphatic rings. The SMILES string of the molecule is NC(c1cccc2c1OCO2)C1CC1. The number of nitrogens with two attached hydrogens (primary N) is 1. The van der Waals surface area contributed by atoms with E-state index in [0.717, 1.165) is 17.1 Å². The van der Waals surface area contributed by atoms with Crippen LogP contribution >= 0.6 is 0 Å². The molecule has 3 nitrogen and oxygen atoms in total. The quantitative estimate of drug-likeness (QED) is 0.775. The number of hydrogen-bond donors (Lipinski definition) is 1. The maximum absolute atomic E-state index is 6.14. The molecule has 0 spiro atoms. The van der Waals surface area contributed by atoms with Crippen LogP contribution in [0.25, 0.3) is 0 Å². The number of hydrogen-bond acceptors (Lipinski definition) is 3. The number of fused-ring (bicyclic) bond motifs is 1. The molecule has 2 N–H and O–H groups in total. The van der Waals surface area contributed by atoms with E-state index >= 15 is 0 Å². The van der Waals surface area contributed by atoms with Crippen LogP contribution < -0.4 is 15.2 Å². The average Bonchev–Trinajstić information content (AvgIpc) is 2.94. The summed E-state index contributed by atoms with van der Waals surface area (Å²) < 4.78 is 10.7. The molecular weight excluding hydrogens is 178 g/mol. The van der Waals surface area contributed by atoms with Crippen molar-refractivity contribution in [2.45, 2.75) is 18.9 Å². The van der Waals surface area contributed by atoms with Gasteiger partial charge in [0.15, 0.2) is 11.5 Å². The second-order valence-electron chi connectivity index (χ2n) is 3.94. The van der Waals surface area contributed by atoms with Gasteiger partial charge in [-0.2, -0.15) is 0 Å². The van der Waals surface area contributed by atoms with E-state index in [1.165, 1.54) is 12.8 Å². The molecule has 1 aliphatic heterocycles. The van der Waals surface area contributed by atoms with E-state index in [-0.39, 0.29) is 6.04 Å². The van der Waals surface area contributed by atoms with Crippen LogP contribution in [0, 0.1) is 5.92 Å². The fourth-order valence-electron chi connectivity index (χ4n) is 1.92. The highest BCUT2D eigenvalue weighted by atomic mass is 16.7. The molecule has 1 aliphatic carbocycles. The maximum atomic E-state index is 6.14. The second-order valence-corrected chi connectivity index (χ2v) is 3.94. The van der Waals surface area contributed by atoms with Gasteiger partial charge in [-0.3, -0.25) is 0 Å². The first-order chi connectivity index (χ1) is 6.86. The summed E-state index contributed by atoms with van der Waals surface area (Å²) in [6.45, 7) is 0.323. The Morgan fingerprint density at radius 1 is 1.29 bits per heavy atom. The Morgan fingerprint density at radius 3 is 2.93 bits per heavy atom. The lowest BCUT2D eigenvalue weighted by atomic mass is 10.0. The summed E-state index contributed by atoms with van der Waals surface area (Å²) in [6, 6.07) is 6.05. The van der Waals surface area contributed by atoms with E-state index in [4.69, 9.17) is 15.2 Å². The molecular formula is C11H13NO2. The highest BCUT2D eigenvalue weighted by Crippen LogP contribution is 2.45. The molecule has 3 rings (SSSR count). The van der Waals surface area contributed by atoms with E-state index in [1.807, 2.05) is 18.2 Å². The largest absolute Gasteiger partial charge is 0.454 e. The molecule has 0 radical (unpaired) electrons. The van der Waals surface area contributed by atoms with Gasteiger partial charge < -0.3 is 15.2 Å². The fourth-order valence-corrected chi connectivity index (χ4v) is 1.92. The number of benzene rings is 1. The molecule has 1 saturated carbocycles. The molecule has 3 heteroatoms. The maximum Gasteiger partial charge on any atom is 0.231 e. The smallest absolute Gasteiger partial charge is 0.231 e. The van der Waals surface area contributed by atoms with Crippen molar-refractivity contribution in [1.29, 1.82) is 0 Å². The lowest BCUT2D eigenvalue weighted by Crippen LogP contribution is -2.13. The van der Waals surface area contributed by atoms with Gasteiger partial charge in [-0.25, -0.2) is 0 Å². The Bertz CT molecular complexity index is 360.